The second kappa shape index (κ2) is 10.9. The van der Waals surface area contributed by atoms with Crippen LogP contribution >= 0.6 is 0 Å². The van der Waals surface area contributed by atoms with Crippen LogP contribution in [-0.2, 0) is 4.79 Å². The summed E-state index contributed by atoms with van der Waals surface area (Å²) in [4.78, 5) is 30.6. The van der Waals surface area contributed by atoms with Crippen molar-refractivity contribution in [3.05, 3.63) is 66.5 Å². The molecular formula is C27H29N5O4. The number of imidazole rings is 1. The zero-order valence-electron chi connectivity index (χ0n) is 20.7. The Morgan fingerprint density at radius 2 is 1.92 bits per heavy atom. The van der Waals surface area contributed by atoms with Gasteiger partial charge in [-0.25, -0.2) is 4.98 Å². The lowest BCUT2D eigenvalue weighted by molar-refractivity contribution is -0.105. The van der Waals surface area contributed by atoms with Gasteiger partial charge in [-0.05, 0) is 44.4 Å². The van der Waals surface area contributed by atoms with E-state index in [-0.39, 0.29) is 5.91 Å². The van der Waals surface area contributed by atoms with Gasteiger partial charge < -0.3 is 25.0 Å². The molecule has 0 spiro atoms. The number of nitrogens with one attached hydrogen (secondary N) is 2. The number of amides is 2. The number of hydrogen-bond donors (Lipinski definition) is 2. The predicted octanol–water partition coefficient (Wildman–Crippen LogP) is 3.55. The standard InChI is InChI=1S/C27H29N5O4/c1-31(2)11-10-28-27(34)19-7-5-6-18(12-19)24-15-29-26-23(30-17-33)13-20(16-32(24)26)22-9-8-21(35-3)14-25(22)36-4/h5-9,12-17H,10-11H2,1-4H3,(H,28,34)(H,30,33). The van der Waals surface area contributed by atoms with Gasteiger partial charge in [0.2, 0.25) is 6.41 Å². The maximum Gasteiger partial charge on any atom is 0.251 e. The van der Waals surface area contributed by atoms with Crippen molar-refractivity contribution >= 4 is 23.7 Å². The third-order valence-corrected chi connectivity index (χ3v) is 5.80. The number of aromatic nitrogens is 2. The Morgan fingerprint density at radius 3 is 2.64 bits per heavy atom. The summed E-state index contributed by atoms with van der Waals surface area (Å²) >= 11 is 0. The second-order valence-corrected chi connectivity index (χ2v) is 8.45. The molecule has 2 aromatic carbocycles. The molecule has 2 N–H and O–H groups in total. The molecule has 0 atom stereocenters. The molecule has 9 heteroatoms. The van der Waals surface area contributed by atoms with Crippen molar-refractivity contribution in [1.29, 1.82) is 0 Å². The number of nitrogens with zero attached hydrogens (tertiary/aromatic N) is 3. The van der Waals surface area contributed by atoms with Crippen molar-refractivity contribution in [2.75, 3.05) is 46.7 Å². The lowest BCUT2D eigenvalue weighted by Crippen LogP contribution is -2.31. The Morgan fingerprint density at radius 1 is 1.08 bits per heavy atom. The van der Waals surface area contributed by atoms with E-state index in [1.54, 1.807) is 32.5 Å². The molecular weight excluding hydrogens is 458 g/mol. The lowest BCUT2D eigenvalue weighted by atomic mass is 10.0. The van der Waals surface area contributed by atoms with E-state index in [1.807, 2.05) is 66.0 Å². The highest BCUT2D eigenvalue weighted by atomic mass is 16.5. The van der Waals surface area contributed by atoms with Gasteiger partial charge in [-0.3, -0.25) is 14.0 Å². The monoisotopic (exact) mass is 487 g/mol. The number of carbonyl (C=O) groups excluding carboxylic acids is 2. The first-order valence-corrected chi connectivity index (χ1v) is 11.4. The van der Waals surface area contributed by atoms with Gasteiger partial charge in [0.1, 0.15) is 11.5 Å². The van der Waals surface area contributed by atoms with Gasteiger partial charge in [-0.2, -0.15) is 0 Å². The number of benzene rings is 2. The fourth-order valence-corrected chi connectivity index (χ4v) is 3.97. The highest BCUT2D eigenvalue weighted by molar-refractivity contribution is 5.95. The third kappa shape index (κ3) is 5.16. The fourth-order valence-electron chi connectivity index (χ4n) is 3.97. The molecule has 0 aliphatic carbocycles. The van der Waals surface area contributed by atoms with Gasteiger partial charge >= 0.3 is 0 Å². The Balaban J connectivity index is 1.79. The first-order valence-electron chi connectivity index (χ1n) is 11.4. The zero-order chi connectivity index (χ0) is 25.7. The quantitative estimate of drug-likeness (QED) is 0.332. The van der Waals surface area contributed by atoms with E-state index in [4.69, 9.17) is 9.47 Å². The summed E-state index contributed by atoms with van der Waals surface area (Å²) in [5.41, 5.74) is 4.90. The first-order chi connectivity index (χ1) is 17.4. The summed E-state index contributed by atoms with van der Waals surface area (Å²) in [6.07, 6.45) is 4.28. The van der Waals surface area contributed by atoms with Crippen LogP contribution in [0.2, 0.25) is 0 Å². The largest absolute Gasteiger partial charge is 0.497 e. The Bertz CT molecular complexity index is 1400. The Kier molecular flexibility index (Phi) is 7.50. The number of anilines is 1. The summed E-state index contributed by atoms with van der Waals surface area (Å²) in [6.45, 7) is 1.31. The SMILES string of the molecule is COc1ccc(-c2cc(NC=O)c3ncc(-c4cccc(C(=O)NCCN(C)C)c4)n3c2)c(OC)c1. The molecule has 0 saturated carbocycles. The molecule has 0 fully saturated rings. The van der Waals surface area contributed by atoms with E-state index in [0.717, 1.165) is 28.9 Å². The number of pyridine rings is 1. The van der Waals surface area contributed by atoms with Gasteiger partial charge in [-0.15, -0.1) is 0 Å². The van der Waals surface area contributed by atoms with E-state index in [2.05, 4.69) is 15.6 Å². The van der Waals surface area contributed by atoms with Crippen LogP contribution in [0, 0.1) is 0 Å². The van der Waals surface area contributed by atoms with Gasteiger partial charge in [0.25, 0.3) is 5.91 Å². The molecule has 2 amide bonds. The van der Waals surface area contributed by atoms with Gasteiger partial charge in [0.15, 0.2) is 5.65 Å². The van der Waals surface area contributed by atoms with Crippen LogP contribution in [0.1, 0.15) is 10.4 Å². The second-order valence-electron chi connectivity index (χ2n) is 8.45. The van der Waals surface area contributed by atoms with E-state index < -0.39 is 0 Å². The molecule has 9 nitrogen and oxygen atoms in total. The van der Waals surface area contributed by atoms with Crippen molar-refractivity contribution < 1.29 is 19.1 Å². The highest BCUT2D eigenvalue weighted by Gasteiger charge is 2.16. The minimum atomic E-state index is -0.139. The van der Waals surface area contributed by atoms with Gasteiger partial charge in [0, 0.05) is 47.6 Å². The predicted molar refractivity (Wildman–Crippen MR) is 140 cm³/mol. The summed E-state index contributed by atoms with van der Waals surface area (Å²) in [6, 6.07) is 14.8. The van der Waals surface area contributed by atoms with Gasteiger partial charge in [-0.1, -0.05) is 12.1 Å². The van der Waals surface area contributed by atoms with E-state index in [0.29, 0.717) is 41.4 Å². The summed E-state index contributed by atoms with van der Waals surface area (Å²) < 4.78 is 12.8. The molecule has 2 heterocycles. The number of fused-ring (bicyclic) bond motifs is 1. The van der Waals surface area contributed by atoms with Crippen molar-refractivity contribution in [3.8, 4) is 33.9 Å². The van der Waals surface area contributed by atoms with Crippen molar-refractivity contribution in [3.63, 3.8) is 0 Å². The lowest BCUT2D eigenvalue weighted by Gasteiger charge is -2.14. The van der Waals surface area contributed by atoms with Crippen LogP contribution in [0.3, 0.4) is 0 Å². The average molecular weight is 488 g/mol. The number of methoxy groups -OCH3 is 2. The average Bonchev–Trinajstić information content (AvgIpc) is 3.32. The topological polar surface area (TPSA) is 97.2 Å². The van der Waals surface area contributed by atoms with Crippen LogP contribution in [0.5, 0.6) is 11.5 Å². The smallest absolute Gasteiger partial charge is 0.251 e. The van der Waals surface area contributed by atoms with Gasteiger partial charge in [0.05, 0.1) is 31.8 Å². The molecule has 0 bridgehead atoms. The Labute approximate surface area is 209 Å². The number of ether oxygens (including phenoxy) is 2. The number of hydrogen-bond acceptors (Lipinski definition) is 6. The molecule has 0 unspecified atom stereocenters. The molecule has 2 aromatic heterocycles. The van der Waals surface area contributed by atoms with Crippen LogP contribution in [0.25, 0.3) is 28.0 Å². The number of carbonyl (C=O) groups is 2. The summed E-state index contributed by atoms with van der Waals surface area (Å²) in [5, 5.41) is 5.69. The van der Waals surface area contributed by atoms with E-state index >= 15 is 0 Å². The van der Waals surface area contributed by atoms with Crippen molar-refractivity contribution in [1.82, 2.24) is 19.6 Å². The zero-order valence-corrected chi connectivity index (χ0v) is 20.7. The summed E-state index contributed by atoms with van der Waals surface area (Å²) in [7, 11) is 7.11. The van der Waals surface area contributed by atoms with E-state index in [9.17, 15) is 9.59 Å². The first kappa shape index (κ1) is 24.7. The van der Waals surface area contributed by atoms with Crippen molar-refractivity contribution in [2.24, 2.45) is 0 Å². The number of rotatable bonds is 10. The third-order valence-electron chi connectivity index (χ3n) is 5.80. The maximum atomic E-state index is 12.7. The summed E-state index contributed by atoms with van der Waals surface area (Å²) in [5.74, 6) is 1.16. The highest BCUT2D eigenvalue weighted by Crippen LogP contribution is 2.36. The molecule has 4 aromatic rings. The molecule has 0 aliphatic rings. The molecule has 36 heavy (non-hydrogen) atoms. The van der Waals surface area contributed by atoms with Crippen LogP contribution in [0.4, 0.5) is 5.69 Å². The molecule has 186 valence electrons. The fraction of sp³-hybridized carbons (Fsp3) is 0.222. The molecule has 4 rings (SSSR count). The Hall–Kier alpha value is -4.37. The minimum Gasteiger partial charge on any atom is -0.497 e. The molecule has 0 radical (unpaired) electrons. The van der Waals surface area contributed by atoms with Crippen LogP contribution < -0.4 is 20.1 Å². The number of likely N-dealkylation sites (N-methyl/N-ethyl adjacent to an activating group) is 1. The minimum absolute atomic E-state index is 0.139. The van der Waals surface area contributed by atoms with E-state index in [1.165, 1.54) is 0 Å². The molecule has 0 saturated heterocycles. The molecule has 0 aliphatic heterocycles. The van der Waals surface area contributed by atoms with Crippen LogP contribution in [-0.4, -0.2) is 68.0 Å². The van der Waals surface area contributed by atoms with Crippen molar-refractivity contribution in [2.45, 2.75) is 0 Å². The maximum absolute atomic E-state index is 12.7. The normalized spacial score (nSPS) is 10.9. The van der Waals surface area contributed by atoms with Crippen LogP contribution in [0.15, 0.2) is 60.9 Å².